The lowest BCUT2D eigenvalue weighted by Crippen LogP contribution is -2.24. The number of aromatic hydroxyl groups is 2. The molecule has 2 aromatic heterocycles. The number of aromatic amines is 2. The highest BCUT2D eigenvalue weighted by molar-refractivity contribution is 9.10. The van der Waals surface area contributed by atoms with Crippen molar-refractivity contribution in [2.24, 2.45) is 0 Å². The molecule has 1 aromatic carbocycles. The van der Waals surface area contributed by atoms with E-state index < -0.39 is 17.0 Å². The maximum atomic E-state index is 12.6. The van der Waals surface area contributed by atoms with E-state index in [1.165, 1.54) is 12.1 Å². The molecule has 0 fully saturated rings. The lowest BCUT2D eigenvalue weighted by molar-refractivity contribution is 0.454. The van der Waals surface area contributed by atoms with Crippen LogP contribution in [0, 0.1) is 13.8 Å². The number of pyridine rings is 2. The fourth-order valence-electron chi connectivity index (χ4n) is 3.09. The van der Waals surface area contributed by atoms with E-state index in [2.05, 4.69) is 25.9 Å². The molecule has 3 rings (SSSR count). The second-order valence-corrected chi connectivity index (χ2v) is 7.06. The molecule has 2 heterocycles. The van der Waals surface area contributed by atoms with Crippen LogP contribution in [0.1, 0.15) is 34.0 Å². The quantitative estimate of drug-likeness (QED) is 0.526. The molecule has 0 saturated carbocycles. The molecule has 3 aromatic rings. The van der Waals surface area contributed by atoms with Gasteiger partial charge in [0.25, 0.3) is 11.1 Å². The third kappa shape index (κ3) is 3.30. The Morgan fingerprint density at radius 1 is 0.885 bits per heavy atom. The fourth-order valence-corrected chi connectivity index (χ4v) is 3.50. The highest BCUT2D eigenvalue weighted by Crippen LogP contribution is 2.37. The van der Waals surface area contributed by atoms with E-state index in [1.54, 1.807) is 38.1 Å². The molecule has 0 bridgehead atoms. The van der Waals surface area contributed by atoms with Crippen LogP contribution < -0.4 is 11.1 Å². The summed E-state index contributed by atoms with van der Waals surface area (Å²) < 4.78 is 0.742. The molecule has 6 nitrogen and oxygen atoms in total. The zero-order valence-corrected chi connectivity index (χ0v) is 15.7. The van der Waals surface area contributed by atoms with Gasteiger partial charge in [0.15, 0.2) is 0 Å². The highest BCUT2D eigenvalue weighted by atomic mass is 79.9. The number of aryl methyl sites for hydroxylation is 2. The van der Waals surface area contributed by atoms with E-state index >= 15 is 0 Å². The van der Waals surface area contributed by atoms with Crippen LogP contribution in [0.5, 0.6) is 11.5 Å². The average Bonchev–Trinajstić information content (AvgIpc) is 2.51. The van der Waals surface area contributed by atoms with E-state index in [1.807, 2.05) is 0 Å². The SMILES string of the molecule is Cc1cc(O)c(C(c2cccc(Br)c2)c2c(O)cc(C)[nH]c2=O)c(=O)[nH]1. The van der Waals surface area contributed by atoms with Gasteiger partial charge < -0.3 is 20.2 Å². The van der Waals surface area contributed by atoms with Gasteiger partial charge in [-0.05, 0) is 43.7 Å². The van der Waals surface area contributed by atoms with Gasteiger partial charge in [-0.25, -0.2) is 0 Å². The van der Waals surface area contributed by atoms with Gasteiger partial charge in [-0.1, -0.05) is 28.1 Å². The number of hydrogen-bond donors (Lipinski definition) is 4. The lowest BCUT2D eigenvalue weighted by atomic mass is 9.85. The first-order chi connectivity index (χ1) is 12.3. The number of hydrogen-bond acceptors (Lipinski definition) is 4. The summed E-state index contributed by atoms with van der Waals surface area (Å²) in [5, 5.41) is 20.9. The first-order valence-electron chi connectivity index (χ1n) is 7.89. The number of rotatable bonds is 3. The van der Waals surface area contributed by atoms with Crippen LogP contribution in [0.25, 0.3) is 0 Å². The molecule has 0 aliphatic heterocycles. The Kier molecular flexibility index (Phi) is 4.73. The third-order valence-electron chi connectivity index (χ3n) is 4.13. The molecule has 0 aliphatic carbocycles. The summed E-state index contributed by atoms with van der Waals surface area (Å²) in [4.78, 5) is 30.5. The predicted molar refractivity (Wildman–Crippen MR) is 102 cm³/mol. The van der Waals surface area contributed by atoms with Crippen molar-refractivity contribution in [1.82, 2.24) is 9.97 Å². The van der Waals surface area contributed by atoms with Crippen LogP contribution in [0.15, 0.2) is 50.5 Å². The van der Waals surface area contributed by atoms with Crippen molar-refractivity contribution in [1.29, 1.82) is 0 Å². The molecule has 0 aliphatic rings. The smallest absolute Gasteiger partial charge is 0.256 e. The molecule has 26 heavy (non-hydrogen) atoms. The van der Waals surface area contributed by atoms with Gasteiger partial charge in [-0.2, -0.15) is 0 Å². The van der Waals surface area contributed by atoms with Gasteiger partial charge in [0, 0.05) is 15.9 Å². The van der Waals surface area contributed by atoms with Crippen LogP contribution in [0.2, 0.25) is 0 Å². The zero-order valence-electron chi connectivity index (χ0n) is 14.1. The summed E-state index contributed by atoms with van der Waals surface area (Å²) in [5.74, 6) is -1.42. The van der Waals surface area contributed by atoms with Crippen molar-refractivity contribution in [3.8, 4) is 11.5 Å². The monoisotopic (exact) mass is 416 g/mol. The zero-order chi connectivity index (χ0) is 19.0. The van der Waals surface area contributed by atoms with Crippen molar-refractivity contribution < 1.29 is 10.2 Å². The molecular formula is C19H17BrN2O4. The molecule has 0 amide bonds. The number of benzene rings is 1. The van der Waals surface area contributed by atoms with Crippen molar-refractivity contribution in [3.05, 3.63) is 89.7 Å². The molecule has 0 atom stereocenters. The minimum atomic E-state index is -0.943. The van der Waals surface area contributed by atoms with Gasteiger partial charge in [0.05, 0.1) is 17.0 Å². The van der Waals surface area contributed by atoms with E-state index in [-0.39, 0.29) is 22.6 Å². The van der Waals surface area contributed by atoms with Gasteiger partial charge in [0.2, 0.25) is 0 Å². The van der Waals surface area contributed by atoms with Gasteiger partial charge in [-0.3, -0.25) is 9.59 Å². The normalized spacial score (nSPS) is 11.1. The van der Waals surface area contributed by atoms with Gasteiger partial charge in [-0.15, -0.1) is 0 Å². The van der Waals surface area contributed by atoms with Crippen molar-refractivity contribution in [3.63, 3.8) is 0 Å². The molecule has 0 saturated heterocycles. The summed E-state index contributed by atoms with van der Waals surface area (Å²) in [7, 11) is 0. The Labute approximate surface area is 157 Å². The molecule has 4 N–H and O–H groups in total. The van der Waals surface area contributed by atoms with Crippen LogP contribution in [-0.2, 0) is 0 Å². The molecule has 0 radical (unpaired) electrons. The third-order valence-corrected chi connectivity index (χ3v) is 4.62. The Morgan fingerprint density at radius 2 is 1.38 bits per heavy atom. The molecule has 0 spiro atoms. The largest absolute Gasteiger partial charge is 0.507 e. The van der Waals surface area contributed by atoms with Crippen molar-refractivity contribution >= 4 is 15.9 Å². The highest BCUT2D eigenvalue weighted by Gasteiger charge is 2.29. The molecular weight excluding hydrogens is 400 g/mol. The standard InChI is InChI=1S/C19H17BrN2O4/c1-9-6-13(23)16(18(25)21-9)15(11-4-3-5-12(20)8-11)17-14(24)7-10(2)22-19(17)26/h3-8,15H,1-2H3,(H2,21,23,25)(H2,22,24,26). The second-order valence-electron chi connectivity index (χ2n) is 6.15. The first kappa shape index (κ1) is 18.0. The molecule has 0 unspecified atom stereocenters. The number of H-pyrrole nitrogens is 2. The Morgan fingerprint density at radius 3 is 1.81 bits per heavy atom. The summed E-state index contributed by atoms with van der Waals surface area (Å²) >= 11 is 3.38. The average molecular weight is 417 g/mol. The summed E-state index contributed by atoms with van der Waals surface area (Å²) in [6.07, 6.45) is 0. The van der Waals surface area contributed by atoms with E-state index in [4.69, 9.17) is 0 Å². The lowest BCUT2D eigenvalue weighted by Gasteiger charge is -2.20. The minimum absolute atomic E-state index is 0.00152. The van der Waals surface area contributed by atoms with Crippen LogP contribution in [-0.4, -0.2) is 20.2 Å². The van der Waals surface area contributed by atoms with Gasteiger partial charge in [0.1, 0.15) is 11.5 Å². The van der Waals surface area contributed by atoms with Crippen LogP contribution in [0.3, 0.4) is 0 Å². The maximum absolute atomic E-state index is 12.6. The van der Waals surface area contributed by atoms with Crippen LogP contribution >= 0.6 is 15.9 Å². The topological polar surface area (TPSA) is 106 Å². The van der Waals surface area contributed by atoms with E-state index in [0.29, 0.717) is 17.0 Å². The van der Waals surface area contributed by atoms with Gasteiger partial charge >= 0.3 is 0 Å². The van der Waals surface area contributed by atoms with Crippen molar-refractivity contribution in [2.75, 3.05) is 0 Å². The van der Waals surface area contributed by atoms with Crippen molar-refractivity contribution in [2.45, 2.75) is 19.8 Å². The molecule has 134 valence electrons. The second kappa shape index (κ2) is 6.84. The number of nitrogens with one attached hydrogen (secondary N) is 2. The summed E-state index contributed by atoms with van der Waals surface area (Å²) in [6.45, 7) is 3.30. The Bertz CT molecular complexity index is 1040. The Hall–Kier alpha value is -2.80. The van der Waals surface area contributed by atoms with E-state index in [9.17, 15) is 19.8 Å². The maximum Gasteiger partial charge on any atom is 0.256 e. The van der Waals surface area contributed by atoms with E-state index in [0.717, 1.165) is 4.47 Å². The summed E-state index contributed by atoms with van der Waals surface area (Å²) in [6, 6.07) is 9.86. The number of halogens is 1. The number of aromatic nitrogens is 2. The summed E-state index contributed by atoms with van der Waals surface area (Å²) in [5.41, 5.74) is 0.515. The minimum Gasteiger partial charge on any atom is -0.507 e. The predicted octanol–water partition coefficient (Wildman–Crippen LogP) is 3.03. The Balaban J connectivity index is 2.40. The molecule has 7 heteroatoms. The first-order valence-corrected chi connectivity index (χ1v) is 8.68. The van der Waals surface area contributed by atoms with Crippen LogP contribution in [0.4, 0.5) is 0 Å². The fraction of sp³-hybridized carbons (Fsp3) is 0.158.